The molecule has 2 aromatic rings. The van der Waals surface area contributed by atoms with Crippen molar-refractivity contribution in [2.24, 2.45) is 0 Å². The average Bonchev–Trinajstić information content (AvgIpc) is 2.77. The van der Waals surface area contributed by atoms with E-state index in [1.165, 1.54) is 11.3 Å². The van der Waals surface area contributed by atoms with E-state index in [2.05, 4.69) is 34.1 Å². The minimum absolute atomic E-state index is 0.764. The Morgan fingerprint density at radius 1 is 0.679 bits per heavy atom. The number of nitrogens with zero attached hydrogens (tertiary/aromatic N) is 2. The van der Waals surface area contributed by atoms with E-state index in [0.29, 0.717) is 0 Å². The summed E-state index contributed by atoms with van der Waals surface area (Å²) in [5, 5.41) is 0. The number of piperazine rings is 1. The third-order valence-corrected chi connectivity index (χ3v) is 5.27. The zero-order chi connectivity index (χ0) is 19.9. The van der Waals surface area contributed by atoms with Crippen molar-refractivity contribution in [3.8, 4) is 23.0 Å². The lowest BCUT2D eigenvalue weighted by atomic mass is 10.1. The molecule has 0 spiro atoms. The van der Waals surface area contributed by atoms with Crippen molar-refractivity contribution in [1.82, 2.24) is 4.90 Å². The van der Waals surface area contributed by atoms with Gasteiger partial charge in [0.15, 0.2) is 23.0 Å². The summed E-state index contributed by atoms with van der Waals surface area (Å²) in [6, 6.07) is 12.3. The fraction of sp³-hybridized carbons (Fsp3) is 0.455. The third-order valence-electron chi connectivity index (χ3n) is 5.27. The van der Waals surface area contributed by atoms with E-state index in [0.717, 1.165) is 62.1 Å². The van der Waals surface area contributed by atoms with Gasteiger partial charge in [-0.15, -0.1) is 0 Å². The van der Waals surface area contributed by atoms with Gasteiger partial charge in [-0.25, -0.2) is 0 Å². The lowest BCUT2D eigenvalue weighted by Crippen LogP contribution is -2.47. The van der Waals surface area contributed by atoms with Gasteiger partial charge in [0.2, 0.25) is 0 Å². The summed E-state index contributed by atoms with van der Waals surface area (Å²) in [5.41, 5.74) is 2.44. The average molecular weight is 386 g/mol. The second-order valence-corrected chi connectivity index (χ2v) is 6.81. The first-order chi connectivity index (χ1) is 13.7. The van der Waals surface area contributed by atoms with Gasteiger partial charge >= 0.3 is 0 Å². The summed E-state index contributed by atoms with van der Waals surface area (Å²) >= 11 is 0. The summed E-state index contributed by atoms with van der Waals surface area (Å²) < 4.78 is 21.5. The second-order valence-electron chi connectivity index (χ2n) is 6.81. The Kier molecular flexibility index (Phi) is 6.87. The standard InChI is InChI=1S/C22H30N2O4/c1-25-19-7-5-17(15-21(19)27-3)9-10-23-11-13-24(14-12-23)18-6-8-20(26-2)22(16-18)28-4/h5-8,15-16H,9-14H2,1-4H3. The van der Waals surface area contributed by atoms with Crippen molar-refractivity contribution in [3.63, 3.8) is 0 Å². The highest BCUT2D eigenvalue weighted by molar-refractivity contribution is 5.56. The van der Waals surface area contributed by atoms with Crippen LogP contribution in [0.15, 0.2) is 36.4 Å². The molecule has 0 saturated carbocycles. The molecule has 0 amide bonds. The van der Waals surface area contributed by atoms with Gasteiger partial charge in [-0.1, -0.05) is 6.07 Å². The maximum absolute atomic E-state index is 5.43. The van der Waals surface area contributed by atoms with E-state index in [4.69, 9.17) is 18.9 Å². The fourth-order valence-electron chi connectivity index (χ4n) is 3.57. The van der Waals surface area contributed by atoms with E-state index in [1.807, 2.05) is 12.1 Å². The molecule has 0 unspecified atom stereocenters. The molecule has 3 rings (SSSR count). The molecule has 1 aliphatic heterocycles. The number of hydrogen-bond donors (Lipinski definition) is 0. The Balaban J connectivity index is 1.53. The zero-order valence-electron chi connectivity index (χ0n) is 17.2. The SMILES string of the molecule is COc1ccc(CCN2CCN(c3ccc(OC)c(OC)c3)CC2)cc1OC. The van der Waals surface area contributed by atoms with E-state index in [-0.39, 0.29) is 0 Å². The van der Waals surface area contributed by atoms with Crippen molar-refractivity contribution in [1.29, 1.82) is 0 Å². The lowest BCUT2D eigenvalue weighted by molar-refractivity contribution is 0.260. The van der Waals surface area contributed by atoms with Crippen molar-refractivity contribution >= 4 is 5.69 Å². The van der Waals surface area contributed by atoms with Gasteiger partial charge in [-0.3, -0.25) is 4.90 Å². The summed E-state index contributed by atoms with van der Waals surface area (Å²) in [5.74, 6) is 3.10. The molecule has 1 saturated heterocycles. The molecular weight excluding hydrogens is 356 g/mol. The maximum atomic E-state index is 5.43. The summed E-state index contributed by atoms with van der Waals surface area (Å²) in [6.07, 6.45) is 0.997. The van der Waals surface area contributed by atoms with E-state index < -0.39 is 0 Å². The molecule has 6 heteroatoms. The number of hydrogen-bond acceptors (Lipinski definition) is 6. The summed E-state index contributed by atoms with van der Waals surface area (Å²) in [4.78, 5) is 4.91. The van der Waals surface area contributed by atoms with Crippen LogP contribution in [-0.4, -0.2) is 66.1 Å². The van der Waals surface area contributed by atoms with Crippen molar-refractivity contribution in [2.75, 3.05) is 66.1 Å². The normalized spacial score (nSPS) is 14.6. The fourth-order valence-corrected chi connectivity index (χ4v) is 3.57. The molecule has 1 heterocycles. The molecule has 0 atom stereocenters. The first-order valence-electron chi connectivity index (χ1n) is 9.58. The van der Waals surface area contributed by atoms with Crippen LogP contribution in [0, 0.1) is 0 Å². The van der Waals surface area contributed by atoms with Crippen molar-refractivity contribution in [2.45, 2.75) is 6.42 Å². The number of anilines is 1. The largest absolute Gasteiger partial charge is 0.493 e. The highest BCUT2D eigenvalue weighted by atomic mass is 16.5. The first-order valence-corrected chi connectivity index (χ1v) is 9.58. The van der Waals surface area contributed by atoms with Crippen LogP contribution in [-0.2, 0) is 6.42 Å². The van der Waals surface area contributed by atoms with Crippen molar-refractivity contribution < 1.29 is 18.9 Å². The molecule has 0 bridgehead atoms. The Bertz CT molecular complexity index is 773. The van der Waals surface area contributed by atoms with Gasteiger partial charge in [-0.2, -0.15) is 0 Å². The summed E-state index contributed by atoms with van der Waals surface area (Å²) in [6.45, 7) is 5.13. The lowest BCUT2D eigenvalue weighted by Gasteiger charge is -2.36. The van der Waals surface area contributed by atoms with Crippen LogP contribution < -0.4 is 23.8 Å². The molecule has 0 aliphatic carbocycles. The second kappa shape index (κ2) is 9.55. The van der Waals surface area contributed by atoms with Gasteiger partial charge < -0.3 is 23.8 Å². The quantitative estimate of drug-likeness (QED) is 0.695. The Labute approximate surface area is 167 Å². The van der Waals surface area contributed by atoms with Crippen molar-refractivity contribution in [3.05, 3.63) is 42.0 Å². The Morgan fingerprint density at radius 2 is 1.25 bits per heavy atom. The molecule has 0 aromatic heterocycles. The molecule has 152 valence electrons. The zero-order valence-corrected chi connectivity index (χ0v) is 17.2. The molecule has 1 fully saturated rings. The molecule has 1 aliphatic rings. The van der Waals surface area contributed by atoms with Crippen LogP contribution in [0.1, 0.15) is 5.56 Å². The molecule has 0 N–H and O–H groups in total. The topological polar surface area (TPSA) is 43.4 Å². The number of rotatable bonds is 8. The maximum Gasteiger partial charge on any atom is 0.162 e. The van der Waals surface area contributed by atoms with Crippen LogP contribution >= 0.6 is 0 Å². The number of methoxy groups -OCH3 is 4. The third kappa shape index (κ3) is 4.62. The van der Waals surface area contributed by atoms with Crippen LogP contribution in [0.2, 0.25) is 0 Å². The minimum Gasteiger partial charge on any atom is -0.493 e. The van der Waals surface area contributed by atoms with Gasteiger partial charge in [0.25, 0.3) is 0 Å². The van der Waals surface area contributed by atoms with Gasteiger partial charge in [0.05, 0.1) is 28.4 Å². The minimum atomic E-state index is 0.764. The monoisotopic (exact) mass is 386 g/mol. The van der Waals surface area contributed by atoms with Gasteiger partial charge in [0, 0.05) is 44.5 Å². The van der Waals surface area contributed by atoms with E-state index in [1.54, 1.807) is 28.4 Å². The van der Waals surface area contributed by atoms with E-state index >= 15 is 0 Å². The Morgan fingerprint density at radius 3 is 1.86 bits per heavy atom. The molecular formula is C22H30N2O4. The van der Waals surface area contributed by atoms with Crippen LogP contribution in [0.3, 0.4) is 0 Å². The van der Waals surface area contributed by atoms with E-state index in [9.17, 15) is 0 Å². The number of benzene rings is 2. The molecule has 0 radical (unpaired) electrons. The van der Waals surface area contributed by atoms with Gasteiger partial charge in [0.1, 0.15) is 0 Å². The Hall–Kier alpha value is -2.60. The van der Waals surface area contributed by atoms with Gasteiger partial charge in [-0.05, 0) is 36.2 Å². The number of ether oxygens (including phenoxy) is 4. The smallest absolute Gasteiger partial charge is 0.162 e. The molecule has 2 aromatic carbocycles. The molecule has 6 nitrogen and oxygen atoms in total. The predicted octanol–water partition coefficient (Wildman–Crippen LogP) is 3.09. The van der Waals surface area contributed by atoms with Crippen LogP contribution in [0.5, 0.6) is 23.0 Å². The van der Waals surface area contributed by atoms with Crippen LogP contribution in [0.25, 0.3) is 0 Å². The predicted molar refractivity (Wildman–Crippen MR) is 111 cm³/mol. The summed E-state index contributed by atoms with van der Waals surface area (Å²) in [7, 11) is 6.67. The molecule has 28 heavy (non-hydrogen) atoms. The first kappa shape index (κ1) is 20.1. The highest BCUT2D eigenvalue weighted by Gasteiger charge is 2.18. The van der Waals surface area contributed by atoms with Crippen LogP contribution in [0.4, 0.5) is 5.69 Å². The highest BCUT2D eigenvalue weighted by Crippen LogP contribution is 2.32.